The Morgan fingerprint density at radius 3 is 2.60 bits per heavy atom. The van der Waals surface area contributed by atoms with Crippen molar-refractivity contribution < 1.29 is 9.18 Å². The van der Waals surface area contributed by atoms with Crippen LogP contribution in [0.25, 0.3) is 11.4 Å². The van der Waals surface area contributed by atoms with Gasteiger partial charge in [-0.25, -0.2) is 14.1 Å². The largest absolute Gasteiger partial charge is 0.352 e. The Labute approximate surface area is 179 Å². The molecule has 156 valence electrons. The summed E-state index contributed by atoms with van der Waals surface area (Å²) in [5.74, 6) is 0.877. The van der Waals surface area contributed by atoms with Gasteiger partial charge >= 0.3 is 0 Å². The second-order valence-corrected chi connectivity index (χ2v) is 8.22. The summed E-state index contributed by atoms with van der Waals surface area (Å²) in [6.07, 6.45) is 2.41. The summed E-state index contributed by atoms with van der Waals surface area (Å²) >= 11 is 5.78. The van der Waals surface area contributed by atoms with Gasteiger partial charge in [0.15, 0.2) is 5.82 Å². The van der Waals surface area contributed by atoms with Gasteiger partial charge in [-0.05, 0) is 68.5 Å². The van der Waals surface area contributed by atoms with E-state index in [0.29, 0.717) is 36.2 Å². The molecule has 1 aliphatic rings. The normalized spacial score (nSPS) is 13.5. The minimum absolute atomic E-state index is 0.0531. The number of hydrogen-bond donors (Lipinski definition) is 1. The number of carbonyl (C=O) groups excluding carboxylic acids is 1. The minimum atomic E-state index is -0.519. The number of aromatic nitrogens is 4. The van der Waals surface area contributed by atoms with E-state index in [1.165, 1.54) is 12.1 Å². The van der Waals surface area contributed by atoms with Crippen molar-refractivity contribution in [2.45, 2.75) is 46.2 Å². The molecule has 1 saturated carbocycles. The van der Waals surface area contributed by atoms with Gasteiger partial charge in [-0.2, -0.15) is 5.10 Å². The SMILES string of the molecule is Cc1cc(CNC(=O)Cc2nc(-c3ccc(Cl)c(F)c3)nn2CC2CC2)cc(C)n1. The Kier molecular flexibility index (Phi) is 5.81. The molecule has 1 N–H and O–H groups in total. The summed E-state index contributed by atoms with van der Waals surface area (Å²) in [6, 6.07) is 8.39. The molecule has 1 amide bonds. The summed E-state index contributed by atoms with van der Waals surface area (Å²) in [5, 5.41) is 7.52. The van der Waals surface area contributed by atoms with Crippen molar-refractivity contribution in [2.75, 3.05) is 0 Å². The number of benzene rings is 1. The van der Waals surface area contributed by atoms with Crippen LogP contribution in [-0.4, -0.2) is 25.7 Å². The molecule has 0 atom stereocenters. The maximum Gasteiger partial charge on any atom is 0.227 e. The van der Waals surface area contributed by atoms with Crippen molar-refractivity contribution in [2.24, 2.45) is 5.92 Å². The number of aryl methyl sites for hydroxylation is 2. The molecule has 2 heterocycles. The Morgan fingerprint density at radius 2 is 1.93 bits per heavy atom. The van der Waals surface area contributed by atoms with E-state index in [1.807, 2.05) is 26.0 Å². The predicted molar refractivity (Wildman–Crippen MR) is 112 cm³/mol. The lowest BCUT2D eigenvalue weighted by atomic mass is 10.2. The zero-order chi connectivity index (χ0) is 21.3. The number of halogens is 2. The van der Waals surface area contributed by atoms with Gasteiger partial charge in [-0.15, -0.1) is 0 Å². The molecular formula is C22H23ClFN5O. The van der Waals surface area contributed by atoms with Crippen LogP contribution in [-0.2, 0) is 24.3 Å². The van der Waals surface area contributed by atoms with Crippen molar-refractivity contribution in [1.29, 1.82) is 0 Å². The first-order valence-corrected chi connectivity index (χ1v) is 10.3. The fourth-order valence-electron chi connectivity index (χ4n) is 3.38. The molecule has 3 aromatic rings. The van der Waals surface area contributed by atoms with Gasteiger partial charge in [0.2, 0.25) is 5.91 Å². The average Bonchev–Trinajstić information content (AvgIpc) is 3.42. The van der Waals surface area contributed by atoms with Crippen LogP contribution in [0, 0.1) is 25.6 Å². The van der Waals surface area contributed by atoms with E-state index in [1.54, 1.807) is 10.7 Å². The third-order valence-electron chi connectivity index (χ3n) is 5.00. The maximum absolute atomic E-state index is 13.9. The average molecular weight is 428 g/mol. The predicted octanol–water partition coefficient (Wildman–Crippen LogP) is 4.02. The number of carbonyl (C=O) groups is 1. The molecule has 8 heteroatoms. The van der Waals surface area contributed by atoms with Crippen LogP contribution in [0.1, 0.15) is 35.6 Å². The van der Waals surface area contributed by atoms with E-state index in [4.69, 9.17) is 11.6 Å². The van der Waals surface area contributed by atoms with Gasteiger partial charge in [0.1, 0.15) is 11.6 Å². The van der Waals surface area contributed by atoms with Crippen LogP contribution in [0.5, 0.6) is 0 Å². The molecule has 1 fully saturated rings. The number of rotatable bonds is 7. The molecule has 0 saturated heterocycles. The lowest BCUT2D eigenvalue weighted by Crippen LogP contribution is -2.26. The van der Waals surface area contributed by atoms with Crippen molar-refractivity contribution >= 4 is 17.5 Å². The summed E-state index contributed by atoms with van der Waals surface area (Å²) in [6.45, 7) is 5.00. The Bertz CT molecular complexity index is 1070. The topological polar surface area (TPSA) is 72.7 Å². The lowest BCUT2D eigenvalue weighted by Gasteiger charge is -2.08. The van der Waals surface area contributed by atoms with E-state index in [0.717, 1.165) is 29.8 Å². The van der Waals surface area contributed by atoms with Gasteiger partial charge in [0, 0.05) is 30.0 Å². The van der Waals surface area contributed by atoms with Crippen LogP contribution in [0.2, 0.25) is 5.02 Å². The Balaban J connectivity index is 1.49. The van der Waals surface area contributed by atoms with E-state index in [-0.39, 0.29) is 17.4 Å². The number of nitrogens with one attached hydrogen (secondary N) is 1. The first-order chi connectivity index (χ1) is 14.4. The van der Waals surface area contributed by atoms with E-state index in [9.17, 15) is 9.18 Å². The van der Waals surface area contributed by atoms with Crippen LogP contribution in [0.4, 0.5) is 4.39 Å². The number of pyridine rings is 1. The summed E-state index contributed by atoms with van der Waals surface area (Å²) in [5.41, 5.74) is 3.38. The molecule has 0 aliphatic heterocycles. The third kappa shape index (κ3) is 5.02. The van der Waals surface area contributed by atoms with Gasteiger partial charge < -0.3 is 5.32 Å². The lowest BCUT2D eigenvalue weighted by molar-refractivity contribution is -0.120. The quantitative estimate of drug-likeness (QED) is 0.618. The van der Waals surface area contributed by atoms with Gasteiger partial charge in [0.25, 0.3) is 0 Å². The van der Waals surface area contributed by atoms with Crippen LogP contribution in [0.3, 0.4) is 0 Å². The first-order valence-electron chi connectivity index (χ1n) is 9.97. The summed E-state index contributed by atoms with van der Waals surface area (Å²) < 4.78 is 15.6. The maximum atomic E-state index is 13.9. The molecule has 1 aliphatic carbocycles. The van der Waals surface area contributed by atoms with Crippen LogP contribution in [0.15, 0.2) is 30.3 Å². The van der Waals surface area contributed by atoms with E-state index < -0.39 is 5.82 Å². The van der Waals surface area contributed by atoms with Crippen molar-refractivity contribution in [1.82, 2.24) is 25.1 Å². The van der Waals surface area contributed by atoms with E-state index in [2.05, 4.69) is 20.4 Å². The Hall–Kier alpha value is -2.80. The number of amides is 1. The van der Waals surface area contributed by atoms with Crippen molar-refractivity contribution in [3.8, 4) is 11.4 Å². The molecule has 2 aromatic heterocycles. The van der Waals surface area contributed by atoms with Gasteiger partial charge in [-0.1, -0.05) is 11.6 Å². The molecule has 0 unspecified atom stereocenters. The summed E-state index contributed by atoms with van der Waals surface area (Å²) in [4.78, 5) is 21.4. The van der Waals surface area contributed by atoms with Gasteiger partial charge in [0.05, 0.1) is 11.4 Å². The van der Waals surface area contributed by atoms with E-state index >= 15 is 0 Å². The monoisotopic (exact) mass is 427 g/mol. The van der Waals surface area contributed by atoms with Crippen LogP contribution >= 0.6 is 11.6 Å². The van der Waals surface area contributed by atoms with Gasteiger partial charge in [-0.3, -0.25) is 9.78 Å². The third-order valence-corrected chi connectivity index (χ3v) is 5.31. The second-order valence-electron chi connectivity index (χ2n) is 7.82. The zero-order valence-electron chi connectivity index (χ0n) is 17.0. The van der Waals surface area contributed by atoms with Crippen molar-refractivity contribution in [3.63, 3.8) is 0 Å². The highest BCUT2D eigenvalue weighted by Crippen LogP contribution is 2.31. The molecule has 1 aromatic carbocycles. The minimum Gasteiger partial charge on any atom is -0.352 e. The fourth-order valence-corrected chi connectivity index (χ4v) is 3.50. The summed E-state index contributed by atoms with van der Waals surface area (Å²) in [7, 11) is 0. The molecular weight excluding hydrogens is 405 g/mol. The highest BCUT2D eigenvalue weighted by atomic mass is 35.5. The highest BCUT2D eigenvalue weighted by molar-refractivity contribution is 6.30. The molecule has 0 bridgehead atoms. The molecule has 0 radical (unpaired) electrons. The molecule has 4 rings (SSSR count). The van der Waals surface area contributed by atoms with Crippen molar-refractivity contribution in [3.05, 3.63) is 63.9 Å². The smallest absolute Gasteiger partial charge is 0.227 e. The molecule has 30 heavy (non-hydrogen) atoms. The molecule has 0 spiro atoms. The zero-order valence-corrected chi connectivity index (χ0v) is 17.7. The van der Waals surface area contributed by atoms with Crippen LogP contribution < -0.4 is 5.32 Å². The first kappa shape index (κ1) is 20.5. The number of hydrogen-bond acceptors (Lipinski definition) is 4. The fraction of sp³-hybridized carbons (Fsp3) is 0.364. The highest BCUT2D eigenvalue weighted by Gasteiger charge is 2.25. The molecule has 6 nitrogen and oxygen atoms in total. The standard InChI is InChI=1S/C22H23ClFN5O/c1-13-7-16(8-14(2)26-13)11-25-21(30)10-20-27-22(28-29(20)12-15-3-4-15)17-5-6-18(23)19(24)9-17/h5-9,15H,3-4,10-12H2,1-2H3,(H,25,30). The Morgan fingerprint density at radius 1 is 1.20 bits per heavy atom. The second kappa shape index (κ2) is 8.52. The number of nitrogens with zero attached hydrogens (tertiary/aromatic N) is 4.